The minimum Gasteiger partial charge on any atom is -0.482 e. The highest BCUT2D eigenvalue weighted by Gasteiger charge is 2.22. The van der Waals surface area contributed by atoms with E-state index < -0.39 is 0 Å². The first kappa shape index (κ1) is 14.2. The molecule has 22 heavy (non-hydrogen) atoms. The number of rotatable bonds is 3. The maximum absolute atomic E-state index is 12.2. The summed E-state index contributed by atoms with van der Waals surface area (Å²) in [4.78, 5) is 25.2. The lowest BCUT2D eigenvalue weighted by Crippen LogP contribution is -2.31. The quantitative estimate of drug-likeness (QED) is 0.795. The normalized spacial score (nSPS) is 19.7. The van der Waals surface area contributed by atoms with E-state index in [1.807, 2.05) is 0 Å². The van der Waals surface area contributed by atoms with Crippen LogP contribution in [0.3, 0.4) is 0 Å². The van der Waals surface area contributed by atoms with Crippen LogP contribution in [0.2, 0.25) is 0 Å². The molecule has 0 aromatic heterocycles. The number of ether oxygens (including phenoxy) is 1. The van der Waals surface area contributed by atoms with Gasteiger partial charge in [0.15, 0.2) is 12.8 Å². The fraction of sp³-hybridized carbons (Fsp3) is 0.400. The maximum Gasteiger partial charge on any atom is 0.262 e. The summed E-state index contributed by atoms with van der Waals surface area (Å²) in [6.45, 7) is 1.97. The molecule has 2 aliphatic heterocycles. The molecule has 1 saturated heterocycles. The maximum atomic E-state index is 12.2. The zero-order valence-electron chi connectivity index (χ0n) is 12.0. The molecule has 1 aromatic carbocycles. The third-order valence-corrected chi connectivity index (χ3v) is 3.85. The van der Waals surface area contributed by atoms with Crippen LogP contribution in [-0.2, 0) is 4.79 Å². The number of nitriles is 1. The predicted molar refractivity (Wildman–Crippen MR) is 78.2 cm³/mol. The molecular weight excluding hydrogens is 284 g/mol. The van der Waals surface area contributed by atoms with Crippen molar-refractivity contribution in [1.82, 2.24) is 10.2 Å². The van der Waals surface area contributed by atoms with Gasteiger partial charge in [-0.2, -0.15) is 5.26 Å². The minimum absolute atomic E-state index is 0.00435. The minimum atomic E-state index is -0.229. The topological polar surface area (TPSA) is 94.5 Å². The molecule has 1 unspecified atom stereocenters. The van der Waals surface area contributed by atoms with Crippen LogP contribution in [0.25, 0.3) is 0 Å². The van der Waals surface area contributed by atoms with E-state index in [4.69, 9.17) is 10.00 Å². The summed E-state index contributed by atoms with van der Waals surface area (Å²) in [5.41, 5.74) is 0.986. The van der Waals surface area contributed by atoms with Gasteiger partial charge in [0.25, 0.3) is 11.8 Å². The summed E-state index contributed by atoms with van der Waals surface area (Å²) in [6, 6.07) is 4.95. The van der Waals surface area contributed by atoms with E-state index in [1.54, 1.807) is 23.1 Å². The number of fused-ring (bicyclic) bond motifs is 1. The van der Waals surface area contributed by atoms with Gasteiger partial charge in [0.2, 0.25) is 0 Å². The number of benzene rings is 1. The number of likely N-dealkylation sites (tertiary alicyclic amines) is 1. The average molecular weight is 300 g/mol. The van der Waals surface area contributed by atoms with E-state index in [1.165, 1.54) is 0 Å². The van der Waals surface area contributed by atoms with Crippen LogP contribution in [0, 0.1) is 17.4 Å². The molecule has 1 atom stereocenters. The summed E-state index contributed by atoms with van der Waals surface area (Å²) < 4.78 is 5.26. The SMILES string of the molecule is N#CN1CCC(CNC(=O)c2ccc3c(c2)NC(=O)CO3)C1. The molecule has 114 valence electrons. The fourth-order valence-corrected chi connectivity index (χ4v) is 2.65. The highest BCUT2D eigenvalue weighted by atomic mass is 16.5. The van der Waals surface area contributed by atoms with Gasteiger partial charge in [-0.15, -0.1) is 0 Å². The Hall–Kier alpha value is -2.75. The van der Waals surface area contributed by atoms with Gasteiger partial charge in [-0.1, -0.05) is 0 Å². The van der Waals surface area contributed by atoms with E-state index in [-0.39, 0.29) is 18.4 Å². The predicted octanol–water partition coefficient (Wildman–Crippen LogP) is 0.550. The van der Waals surface area contributed by atoms with Crippen molar-refractivity contribution in [3.8, 4) is 11.9 Å². The van der Waals surface area contributed by atoms with Crippen molar-refractivity contribution < 1.29 is 14.3 Å². The summed E-state index contributed by atoms with van der Waals surface area (Å²) in [5.74, 6) is 0.437. The van der Waals surface area contributed by atoms with Gasteiger partial charge in [-0.3, -0.25) is 9.59 Å². The van der Waals surface area contributed by atoms with E-state index in [0.717, 1.165) is 13.0 Å². The lowest BCUT2D eigenvalue weighted by molar-refractivity contribution is -0.118. The van der Waals surface area contributed by atoms with Gasteiger partial charge in [0.1, 0.15) is 5.75 Å². The smallest absolute Gasteiger partial charge is 0.262 e. The molecule has 7 heteroatoms. The average Bonchev–Trinajstić information content (AvgIpc) is 3.00. The van der Waals surface area contributed by atoms with Crippen molar-refractivity contribution in [2.24, 2.45) is 5.92 Å². The molecule has 3 rings (SSSR count). The molecule has 0 saturated carbocycles. The van der Waals surface area contributed by atoms with Crippen molar-refractivity contribution in [3.63, 3.8) is 0 Å². The third kappa shape index (κ3) is 2.96. The molecule has 1 aromatic rings. The van der Waals surface area contributed by atoms with Gasteiger partial charge in [-0.25, -0.2) is 0 Å². The number of hydrogen-bond donors (Lipinski definition) is 2. The van der Waals surface area contributed by atoms with Crippen LogP contribution in [0.1, 0.15) is 16.8 Å². The van der Waals surface area contributed by atoms with Crippen LogP contribution in [0.5, 0.6) is 5.75 Å². The summed E-state index contributed by atoms with van der Waals surface area (Å²) in [7, 11) is 0. The molecule has 0 radical (unpaired) electrons. The lowest BCUT2D eigenvalue weighted by atomic mass is 10.1. The van der Waals surface area contributed by atoms with E-state index in [0.29, 0.717) is 36.0 Å². The van der Waals surface area contributed by atoms with Gasteiger partial charge in [0.05, 0.1) is 5.69 Å². The number of anilines is 1. The lowest BCUT2D eigenvalue weighted by Gasteiger charge is -2.18. The second-order valence-electron chi connectivity index (χ2n) is 5.46. The number of amides is 2. The number of hydrogen-bond acceptors (Lipinski definition) is 5. The van der Waals surface area contributed by atoms with E-state index >= 15 is 0 Å². The van der Waals surface area contributed by atoms with Gasteiger partial charge in [-0.05, 0) is 30.5 Å². The van der Waals surface area contributed by atoms with Crippen LogP contribution in [0.4, 0.5) is 5.69 Å². The Balaban J connectivity index is 1.60. The number of carbonyl (C=O) groups is 2. The molecule has 1 fully saturated rings. The fourth-order valence-electron chi connectivity index (χ4n) is 2.65. The second-order valence-corrected chi connectivity index (χ2v) is 5.46. The van der Waals surface area contributed by atoms with Gasteiger partial charge < -0.3 is 20.3 Å². The second kappa shape index (κ2) is 5.93. The Morgan fingerprint density at radius 1 is 1.55 bits per heavy atom. The van der Waals surface area contributed by atoms with Gasteiger partial charge in [0, 0.05) is 25.2 Å². The van der Waals surface area contributed by atoms with Crippen LogP contribution in [-0.4, -0.2) is 43.0 Å². The number of nitrogens with zero attached hydrogens (tertiary/aromatic N) is 2. The molecule has 0 aliphatic carbocycles. The van der Waals surface area contributed by atoms with Crippen molar-refractivity contribution in [3.05, 3.63) is 23.8 Å². The molecule has 2 amide bonds. The third-order valence-electron chi connectivity index (χ3n) is 3.85. The van der Waals surface area contributed by atoms with E-state index in [2.05, 4.69) is 16.8 Å². The Morgan fingerprint density at radius 3 is 3.18 bits per heavy atom. The molecule has 7 nitrogen and oxygen atoms in total. The van der Waals surface area contributed by atoms with Crippen molar-refractivity contribution in [2.45, 2.75) is 6.42 Å². The molecule has 2 aliphatic rings. The Morgan fingerprint density at radius 2 is 2.41 bits per heavy atom. The largest absolute Gasteiger partial charge is 0.482 e. The molecule has 2 N–H and O–H groups in total. The zero-order chi connectivity index (χ0) is 15.5. The highest BCUT2D eigenvalue weighted by molar-refractivity contribution is 5.99. The molecular formula is C15H16N4O3. The first-order valence-electron chi connectivity index (χ1n) is 7.15. The molecule has 2 heterocycles. The van der Waals surface area contributed by atoms with E-state index in [9.17, 15) is 9.59 Å². The summed E-state index contributed by atoms with van der Waals surface area (Å²) >= 11 is 0. The van der Waals surface area contributed by atoms with Crippen LogP contribution < -0.4 is 15.4 Å². The number of carbonyl (C=O) groups excluding carboxylic acids is 2. The summed E-state index contributed by atoms with van der Waals surface area (Å²) in [6.07, 6.45) is 3.02. The monoisotopic (exact) mass is 300 g/mol. The van der Waals surface area contributed by atoms with Gasteiger partial charge >= 0.3 is 0 Å². The van der Waals surface area contributed by atoms with Crippen molar-refractivity contribution >= 4 is 17.5 Å². The molecule has 0 spiro atoms. The first-order valence-corrected chi connectivity index (χ1v) is 7.15. The van der Waals surface area contributed by atoms with Crippen LogP contribution >= 0.6 is 0 Å². The first-order chi connectivity index (χ1) is 10.7. The molecule has 0 bridgehead atoms. The Kier molecular flexibility index (Phi) is 3.83. The standard InChI is InChI=1S/C15H16N4O3/c16-9-19-4-3-10(7-19)6-17-15(21)11-1-2-13-12(5-11)18-14(20)8-22-13/h1-2,5,10H,3-4,6-8H2,(H,17,21)(H,18,20). The Bertz CT molecular complexity index is 653. The summed E-state index contributed by atoms with van der Waals surface area (Å²) in [5, 5.41) is 14.4. The highest BCUT2D eigenvalue weighted by Crippen LogP contribution is 2.28. The number of nitrogens with one attached hydrogen (secondary N) is 2. The zero-order valence-corrected chi connectivity index (χ0v) is 12.0. The van der Waals surface area contributed by atoms with Crippen molar-refractivity contribution in [1.29, 1.82) is 5.26 Å². The van der Waals surface area contributed by atoms with Crippen molar-refractivity contribution in [2.75, 3.05) is 31.6 Å². The van der Waals surface area contributed by atoms with Crippen LogP contribution in [0.15, 0.2) is 18.2 Å². The Labute approximate surface area is 127 Å².